The summed E-state index contributed by atoms with van der Waals surface area (Å²) in [5, 5.41) is 0. The van der Waals surface area contributed by atoms with Crippen LogP contribution >= 0.6 is 0 Å². The van der Waals surface area contributed by atoms with E-state index in [1.54, 1.807) is 18.6 Å². The number of H-pyrrole nitrogens is 1. The third-order valence-electron chi connectivity index (χ3n) is 4.42. The Kier molecular flexibility index (Phi) is 3.42. The number of imidazole rings is 1. The summed E-state index contributed by atoms with van der Waals surface area (Å²) in [7, 11) is 0. The molecule has 0 aliphatic carbocycles. The van der Waals surface area contributed by atoms with Crippen molar-refractivity contribution in [1.29, 1.82) is 0 Å². The van der Waals surface area contributed by atoms with Crippen molar-refractivity contribution in [3.63, 3.8) is 0 Å². The van der Waals surface area contributed by atoms with Crippen molar-refractivity contribution in [2.24, 2.45) is 0 Å². The molecule has 4 nitrogen and oxygen atoms in total. The lowest BCUT2D eigenvalue weighted by Crippen LogP contribution is -2.32. The maximum Gasteiger partial charge on any atom is 0.125 e. The van der Waals surface area contributed by atoms with Gasteiger partial charge < -0.3 is 9.40 Å². The number of fused-ring (bicyclic) bond motifs is 1. The molecule has 3 heterocycles. The Balaban J connectivity index is 1.43. The van der Waals surface area contributed by atoms with Gasteiger partial charge in [-0.15, -0.1) is 0 Å². The van der Waals surface area contributed by atoms with Crippen molar-refractivity contribution in [3.05, 3.63) is 54.0 Å². The number of aromatic amines is 1. The predicted molar refractivity (Wildman–Crippen MR) is 82.0 cm³/mol. The number of hydrogen-bond donors (Lipinski definition) is 1. The van der Waals surface area contributed by atoms with Gasteiger partial charge >= 0.3 is 0 Å². The topological polar surface area (TPSA) is 45.1 Å². The fourth-order valence-electron chi connectivity index (χ4n) is 3.20. The molecule has 3 aromatic rings. The molecule has 1 aromatic carbocycles. The fraction of sp³-hybridized carbons (Fsp3) is 0.353. The van der Waals surface area contributed by atoms with Gasteiger partial charge in [0.2, 0.25) is 0 Å². The number of nitrogens with one attached hydrogen (secondary N) is 1. The third-order valence-corrected chi connectivity index (χ3v) is 4.42. The van der Waals surface area contributed by atoms with Crippen LogP contribution in [0.3, 0.4) is 0 Å². The van der Waals surface area contributed by atoms with Gasteiger partial charge in [0.15, 0.2) is 0 Å². The van der Waals surface area contributed by atoms with Gasteiger partial charge in [-0.1, -0.05) is 0 Å². The van der Waals surface area contributed by atoms with Crippen molar-refractivity contribution in [1.82, 2.24) is 14.9 Å². The van der Waals surface area contributed by atoms with Crippen LogP contribution in [0.5, 0.6) is 0 Å². The van der Waals surface area contributed by atoms with Crippen LogP contribution in [0, 0.1) is 5.82 Å². The van der Waals surface area contributed by atoms with E-state index in [4.69, 9.17) is 4.42 Å². The van der Waals surface area contributed by atoms with Crippen LogP contribution < -0.4 is 0 Å². The highest BCUT2D eigenvalue weighted by Gasteiger charge is 2.23. The SMILES string of the molecule is Fc1ccc2nc(C3CCN(Cc4ccoc4)CC3)[nH]c2c1. The standard InChI is InChI=1S/C17H18FN3O/c18-14-1-2-15-16(9-14)20-17(19-15)13-3-6-21(7-4-13)10-12-5-8-22-11-12/h1-2,5,8-9,11,13H,3-4,6-7,10H2,(H,19,20). The van der Waals surface area contributed by atoms with Crippen LogP contribution in [-0.4, -0.2) is 28.0 Å². The molecule has 4 rings (SSSR count). The van der Waals surface area contributed by atoms with E-state index < -0.39 is 0 Å². The molecular weight excluding hydrogens is 281 g/mol. The Labute approximate surface area is 128 Å². The molecule has 1 aliphatic rings. The lowest BCUT2D eigenvalue weighted by atomic mass is 9.96. The molecule has 1 N–H and O–H groups in total. The molecule has 0 saturated carbocycles. The zero-order valence-electron chi connectivity index (χ0n) is 12.3. The van der Waals surface area contributed by atoms with Crippen molar-refractivity contribution in [2.75, 3.05) is 13.1 Å². The summed E-state index contributed by atoms with van der Waals surface area (Å²) in [6.07, 6.45) is 5.66. The van der Waals surface area contributed by atoms with Gasteiger partial charge in [0.1, 0.15) is 11.6 Å². The summed E-state index contributed by atoms with van der Waals surface area (Å²) < 4.78 is 18.4. The van der Waals surface area contributed by atoms with Crippen molar-refractivity contribution in [2.45, 2.75) is 25.3 Å². The number of piperidine rings is 1. The van der Waals surface area contributed by atoms with E-state index in [0.29, 0.717) is 5.92 Å². The number of hydrogen-bond acceptors (Lipinski definition) is 3. The Morgan fingerprint density at radius 2 is 2.14 bits per heavy atom. The first kappa shape index (κ1) is 13.5. The summed E-state index contributed by atoms with van der Waals surface area (Å²) in [4.78, 5) is 10.3. The van der Waals surface area contributed by atoms with Crippen LogP contribution in [0.1, 0.15) is 30.1 Å². The van der Waals surface area contributed by atoms with Crippen LogP contribution in [0.25, 0.3) is 11.0 Å². The first-order chi connectivity index (χ1) is 10.8. The lowest BCUT2D eigenvalue weighted by molar-refractivity contribution is 0.201. The summed E-state index contributed by atoms with van der Waals surface area (Å²) >= 11 is 0. The highest BCUT2D eigenvalue weighted by molar-refractivity contribution is 5.75. The van der Waals surface area contributed by atoms with Gasteiger partial charge in [-0.3, -0.25) is 4.90 Å². The van der Waals surface area contributed by atoms with Crippen LogP contribution in [-0.2, 0) is 6.54 Å². The van der Waals surface area contributed by atoms with Crippen LogP contribution in [0.2, 0.25) is 0 Å². The lowest BCUT2D eigenvalue weighted by Gasteiger charge is -2.30. The molecule has 0 bridgehead atoms. The highest BCUT2D eigenvalue weighted by Crippen LogP contribution is 2.28. The summed E-state index contributed by atoms with van der Waals surface area (Å²) in [5.74, 6) is 1.19. The molecule has 1 fully saturated rings. The number of furan rings is 1. The second-order valence-electron chi connectivity index (χ2n) is 5.97. The Morgan fingerprint density at radius 1 is 1.27 bits per heavy atom. The van der Waals surface area contributed by atoms with Gasteiger partial charge in [-0.25, -0.2) is 9.37 Å². The van der Waals surface area contributed by atoms with Gasteiger partial charge in [-0.05, 0) is 50.2 Å². The number of rotatable bonds is 3. The molecule has 2 aromatic heterocycles. The fourth-order valence-corrected chi connectivity index (χ4v) is 3.20. The molecule has 0 atom stereocenters. The quantitative estimate of drug-likeness (QED) is 0.802. The molecule has 0 amide bonds. The zero-order chi connectivity index (χ0) is 14.9. The maximum atomic E-state index is 13.3. The average molecular weight is 299 g/mol. The second-order valence-corrected chi connectivity index (χ2v) is 5.97. The number of likely N-dealkylation sites (tertiary alicyclic amines) is 1. The predicted octanol–water partition coefficient (Wildman–Crippen LogP) is 3.67. The molecule has 1 saturated heterocycles. The van der Waals surface area contributed by atoms with Gasteiger partial charge in [-0.2, -0.15) is 0 Å². The smallest absolute Gasteiger partial charge is 0.125 e. The van der Waals surface area contributed by atoms with E-state index in [-0.39, 0.29) is 5.82 Å². The maximum absolute atomic E-state index is 13.3. The van der Waals surface area contributed by atoms with E-state index in [1.807, 2.05) is 6.07 Å². The summed E-state index contributed by atoms with van der Waals surface area (Å²) in [6.45, 7) is 3.02. The highest BCUT2D eigenvalue weighted by atomic mass is 19.1. The monoisotopic (exact) mass is 299 g/mol. The van der Waals surface area contributed by atoms with Crippen molar-refractivity contribution in [3.8, 4) is 0 Å². The Hall–Kier alpha value is -2.14. The molecular formula is C17H18FN3O. The average Bonchev–Trinajstić information content (AvgIpc) is 3.17. The minimum Gasteiger partial charge on any atom is -0.472 e. The number of nitrogens with zero attached hydrogens (tertiary/aromatic N) is 2. The molecule has 114 valence electrons. The van der Waals surface area contributed by atoms with E-state index >= 15 is 0 Å². The first-order valence-corrected chi connectivity index (χ1v) is 7.66. The Morgan fingerprint density at radius 3 is 2.91 bits per heavy atom. The first-order valence-electron chi connectivity index (χ1n) is 7.66. The summed E-state index contributed by atoms with van der Waals surface area (Å²) in [6, 6.07) is 6.72. The second kappa shape index (κ2) is 5.57. The van der Waals surface area contributed by atoms with Crippen molar-refractivity contribution >= 4 is 11.0 Å². The van der Waals surface area contributed by atoms with E-state index in [2.05, 4.69) is 14.9 Å². The van der Waals surface area contributed by atoms with Gasteiger partial charge in [0.05, 0.1) is 23.6 Å². The van der Waals surface area contributed by atoms with Crippen LogP contribution in [0.4, 0.5) is 4.39 Å². The Bertz CT molecular complexity index is 757. The zero-order valence-corrected chi connectivity index (χ0v) is 12.3. The molecule has 22 heavy (non-hydrogen) atoms. The molecule has 0 unspecified atom stereocenters. The minimum absolute atomic E-state index is 0.224. The van der Waals surface area contributed by atoms with Crippen molar-refractivity contribution < 1.29 is 8.81 Å². The number of halogens is 1. The minimum atomic E-state index is -0.224. The van der Waals surface area contributed by atoms with Gasteiger partial charge in [0, 0.05) is 18.0 Å². The third kappa shape index (κ3) is 2.64. The van der Waals surface area contributed by atoms with Gasteiger partial charge in [0.25, 0.3) is 0 Å². The van der Waals surface area contributed by atoms with E-state index in [1.165, 1.54) is 17.7 Å². The van der Waals surface area contributed by atoms with E-state index in [9.17, 15) is 4.39 Å². The van der Waals surface area contributed by atoms with E-state index in [0.717, 1.165) is 49.3 Å². The number of benzene rings is 1. The molecule has 0 spiro atoms. The largest absolute Gasteiger partial charge is 0.472 e. The molecule has 0 radical (unpaired) electrons. The number of aromatic nitrogens is 2. The normalized spacial score (nSPS) is 17.3. The molecule has 5 heteroatoms. The van der Waals surface area contributed by atoms with Crippen LogP contribution in [0.15, 0.2) is 41.2 Å². The molecule has 1 aliphatic heterocycles. The summed E-state index contributed by atoms with van der Waals surface area (Å²) in [5.41, 5.74) is 2.85.